The van der Waals surface area contributed by atoms with Gasteiger partial charge in [-0.1, -0.05) is 18.2 Å². The van der Waals surface area contributed by atoms with Crippen molar-refractivity contribution >= 4 is 21.7 Å². The average molecular weight is 495 g/mol. The van der Waals surface area contributed by atoms with E-state index in [0.29, 0.717) is 43.9 Å². The molecule has 2 aliphatic heterocycles. The van der Waals surface area contributed by atoms with E-state index < -0.39 is 15.4 Å². The van der Waals surface area contributed by atoms with Crippen LogP contribution in [0, 0.1) is 0 Å². The van der Waals surface area contributed by atoms with Gasteiger partial charge >= 0.3 is 0 Å². The number of piperidine rings is 1. The zero-order valence-corrected chi connectivity index (χ0v) is 19.8. The molecule has 1 saturated heterocycles. The first-order valence-electron chi connectivity index (χ1n) is 11.4. The molecule has 0 unspecified atom stereocenters. The minimum absolute atomic E-state index is 0.124. The van der Waals surface area contributed by atoms with Gasteiger partial charge in [0.1, 0.15) is 12.4 Å². The standard InChI is InChI=1S/C25H26N4O5S/c30-23(19-8-10-21(11-9-19)35(33,34)20-5-2-1-3-6-20)27-15-12-25(32,13-16-27)17-28-18-26-29-14-4-7-22(29)24(28)31/h1-11,14,26,32H,12-13,15-18H2. The molecule has 3 aromatic rings. The Morgan fingerprint density at radius 3 is 2.29 bits per heavy atom. The van der Waals surface area contributed by atoms with Crippen LogP contribution >= 0.6 is 0 Å². The van der Waals surface area contributed by atoms with E-state index in [1.807, 2.05) is 0 Å². The Hall–Kier alpha value is -3.63. The van der Waals surface area contributed by atoms with Crippen LogP contribution in [0.1, 0.15) is 33.7 Å². The summed E-state index contributed by atoms with van der Waals surface area (Å²) in [4.78, 5) is 29.3. The lowest BCUT2D eigenvalue weighted by Crippen LogP contribution is -2.56. The highest BCUT2D eigenvalue weighted by atomic mass is 32.2. The number of aliphatic hydroxyl groups is 1. The largest absolute Gasteiger partial charge is 0.388 e. The number of hydrogen-bond donors (Lipinski definition) is 2. The second-order valence-electron chi connectivity index (χ2n) is 8.94. The number of likely N-dealkylation sites (tertiary alicyclic amines) is 1. The van der Waals surface area contributed by atoms with Crippen molar-refractivity contribution in [3.63, 3.8) is 0 Å². The van der Waals surface area contributed by atoms with Gasteiger partial charge in [-0.15, -0.1) is 0 Å². The van der Waals surface area contributed by atoms with E-state index in [1.165, 1.54) is 36.4 Å². The average Bonchev–Trinajstić information content (AvgIpc) is 3.36. The first-order valence-corrected chi connectivity index (χ1v) is 12.9. The molecule has 2 amide bonds. The first kappa shape index (κ1) is 23.1. The molecule has 0 radical (unpaired) electrons. The van der Waals surface area contributed by atoms with E-state index in [9.17, 15) is 23.1 Å². The molecule has 2 aliphatic rings. The number of nitrogens with one attached hydrogen (secondary N) is 1. The molecule has 182 valence electrons. The van der Waals surface area contributed by atoms with Crippen molar-refractivity contribution in [1.29, 1.82) is 0 Å². The summed E-state index contributed by atoms with van der Waals surface area (Å²) in [6, 6.07) is 17.6. The minimum Gasteiger partial charge on any atom is -0.388 e. The highest BCUT2D eigenvalue weighted by Gasteiger charge is 2.38. The number of sulfone groups is 1. The summed E-state index contributed by atoms with van der Waals surface area (Å²) in [5.74, 6) is -0.365. The van der Waals surface area contributed by atoms with Crippen molar-refractivity contribution in [3.8, 4) is 0 Å². The summed E-state index contributed by atoms with van der Waals surface area (Å²) in [6.07, 6.45) is 2.45. The highest BCUT2D eigenvalue weighted by Crippen LogP contribution is 2.27. The van der Waals surface area contributed by atoms with Gasteiger partial charge in [-0.3, -0.25) is 14.3 Å². The fourth-order valence-corrected chi connectivity index (χ4v) is 5.83. The molecule has 1 aromatic heterocycles. The van der Waals surface area contributed by atoms with Crippen molar-refractivity contribution in [3.05, 3.63) is 84.2 Å². The molecule has 1 fully saturated rings. The molecular weight excluding hydrogens is 468 g/mol. The number of rotatable bonds is 5. The second kappa shape index (κ2) is 8.86. The van der Waals surface area contributed by atoms with Crippen molar-refractivity contribution in [2.24, 2.45) is 0 Å². The third-order valence-corrected chi connectivity index (χ3v) is 8.40. The molecule has 2 N–H and O–H groups in total. The Bertz CT molecular complexity index is 1340. The van der Waals surface area contributed by atoms with Crippen molar-refractivity contribution in [2.45, 2.75) is 28.2 Å². The van der Waals surface area contributed by atoms with Crippen LogP contribution in [0.4, 0.5) is 0 Å². The smallest absolute Gasteiger partial charge is 0.273 e. The predicted octanol–water partition coefficient (Wildman–Crippen LogP) is 1.94. The van der Waals surface area contributed by atoms with E-state index in [2.05, 4.69) is 5.43 Å². The number of fused-ring (bicyclic) bond motifs is 1. The van der Waals surface area contributed by atoms with Crippen LogP contribution in [0.25, 0.3) is 0 Å². The number of amides is 2. The van der Waals surface area contributed by atoms with E-state index in [0.717, 1.165) is 0 Å². The maximum atomic E-state index is 13.0. The maximum Gasteiger partial charge on any atom is 0.273 e. The lowest BCUT2D eigenvalue weighted by Gasteiger charge is -2.42. The number of nitrogens with zero attached hydrogens (tertiary/aromatic N) is 3. The van der Waals surface area contributed by atoms with Crippen LogP contribution in [-0.2, 0) is 9.84 Å². The van der Waals surface area contributed by atoms with Crippen LogP contribution in [-0.4, -0.2) is 71.7 Å². The first-order chi connectivity index (χ1) is 16.8. The molecule has 35 heavy (non-hydrogen) atoms. The molecule has 10 heteroatoms. The van der Waals surface area contributed by atoms with Crippen molar-refractivity contribution in [2.75, 3.05) is 31.7 Å². The number of hydrogen-bond acceptors (Lipinski definition) is 6. The summed E-state index contributed by atoms with van der Waals surface area (Å²) < 4.78 is 27.2. The third-order valence-electron chi connectivity index (χ3n) is 6.62. The Labute approximate surface area is 203 Å². The quantitative estimate of drug-likeness (QED) is 0.561. The second-order valence-corrected chi connectivity index (χ2v) is 10.9. The van der Waals surface area contributed by atoms with Gasteiger partial charge in [-0.2, -0.15) is 0 Å². The SMILES string of the molecule is O=C(c1ccc(S(=O)(=O)c2ccccc2)cc1)N1CCC(O)(CN2CNn3cccc3C2=O)CC1. The zero-order valence-electron chi connectivity index (χ0n) is 19.0. The zero-order chi connectivity index (χ0) is 24.6. The summed E-state index contributed by atoms with van der Waals surface area (Å²) in [5, 5.41) is 11.1. The number of carbonyl (C=O) groups excluding carboxylic acids is 2. The normalized spacial score (nSPS) is 17.6. The third kappa shape index (κ3) is 4.42. The molecule has 2 aromatic carbocycles. The Kier molecular flexibility index (Phi) is 5.86. The van der Waals surface area contributed by atoms with Crippen LogP contribution in [0.15, 0.2) is 82.7 Å². The lowest BCUT2D eigenvalue weighted by atomic mass is 9.90. The molecule has 0 saturated carbocycles. The minimum atomic E-state index is -3.65. The summed E-state index contributed by atoms with van der Waals surface area (Å²) >= 11 is 0. The highest BCUT2D eigenvalue weighted by molar-refractivity contribution is 7.91. The van der Waals surface area contributed by atoms with Gasteiger partial charge in [0, 0.05) is 24.8 Å². The molecule has 0 spiro atoms. The molecule has 0 aliphatic carbocycles. The molecular formula is C25H26N4O5S. The topological polar surface area (TPSA) is 112 Å². The molecule has 9 nitrogen and oxygen atoms in total. The van der Waals surface area contributed by atoms with E-state index >= 15 is 0 Å². The van der Waals surface area contributed by atoms with Crippen molar-refractivity contribution in [1.82, 2.24) is 14.5 Å². The lowest BCUT2D eigenvalue weighted by molar-refractivity contribution is -0.0369. The van der Waals surface area contributed by atoms with Gasteiger partial charge in [0.05, 0.1) is 21.9 Å². The van der Waals surface area contributed by atoms with E-state index in [1.54, 1.807) is 51.0 Å². The monoisotopic (exact) mass is 494 g/mol. The predicted molar refractivity (Wildman–Crippen MR) is 128 cm³/mol. The fourth-order valence-electron chi connectivity index (χ4n) is 4.55. The number of aromatic nitrogens is 1. The number of β-amino-alcohol motifs (C(OH)–C–C–N with tert-alkyl or cyclic N) is 1. The van der Waals surface area contributed by atoms with E-state index in [-0.39, 0.29) is 28.2 Å². The van der Waals surface area contributed by atoms with Crippen LogP contribution in [0.5, 0.6) is 0 Å². The summed E-state index contributed by atoms with van der Waals surface area (Å²) in [7, 11) is -3.65. The number of benzene rings is 2. The Morgan fingerprint density at radius 2 is 1.60 bits per heavy atom. The molecule has 3 heterocycles. The maximum absolute atomic E-state index is 13.0. The van der Waals surface area contributed by atoms with Gasteiger partial charge in [0.2, 0.25) is 9.84 Å². The Morgan fingerprint density at radius 1 is 0.943 bits per heavy atom. The molecule has 5 rings (SSSR count). The Balaban J connectivity index is 1.21. The van der Waals surface area contributed by atoms with Crippen molar-refractivity contribution < 1.29 is 23.1 Å². The van der Waals surface area contributed by atoms with Crippen LogP contribution < -0.4 is 5.43 Å². The fraction of sp³-hybridized carbons (Fsp3) is 0.280. The summed E-state index contributed by atoms with van der Waals surface area (Å²) in [5.41, 5.74) is 2.93. The summed E-state index contributed by atoms with van der Waals surface area (Å²) in [6.45, 7) is 1.15. The molecule has 0 bridgehead atoms. The number of carbonyl (C=O) groups is 2. The van der Waals surface area contributed by atoms with Gasteiger partial charge in [-0.25, -0.2) is 8.42 Å². The van der Waals surface area contributed by atoms with Gasteiger partial charge in [-0.05, 0) is 61.4 Å². The molecule has 0 atom stereocenters. The van der Waals surface area contributed by atoms with Gasteiger partial charge in [0.25, 0.3) is 11.8 Å². The van der Waals surface area contributed by atoms with Crippen LogP contribution in [0.3, 0.4) is 0 Å². The van der Waals surface area contributed by atoms with Gasteiger partial charge < -0.3 is 20.3 Å². The van der Waals surface area contributed by atoms with E-state index in [4.69, 9.17) is 0 Å². The van der Waals surface area contributed by atoms with Crippen LogP contribution in [0.2, 0.25) is 0 Å². The van der Waals surface area contributed by atoms with Gasteiger partial charge in [0.15, 0.2) is 0 Å².